The highest BCUT2D eigenvalue weighted by Gasteiger charge is 2.06. The highest BCUT2D eigenvalue weighted by molar-refractivity contribution is 7.99. The van der Waals surface area contributed by atoms with Crippen molar-refractivity contribution in [1.82, 2.24) is 5.32 Å². The number of anilines is 1. The summed E-state index contributed by atoms with van der Waals surface area (Å²) in [6.07, 6.45) is 0. The average molecular weight is 314 g/mol. The molecule has 0 bridgehead atoms. The number of hydrogen-bond acceptors (Lipinski definition) is 2. The van der Waals surface area contributed by atoms with Gasteiger partial charge in [0.2, 0.25) is 0 Å². The molecule has 0 heterocycles. The van der Waals surface area contributed by atoms with Gasteiger partial charge in [-0.3, -0.25) is 0 Å². The number of carbonyl (C=O) groups excluding carboxylic acids is 1. The van der Waals surface area contributed by atoms with E-state index < -0.39 is 0 Å². The van der Waals surface area contributed by atoms with Gasteiger partial charge in [0.05, 0.1) is 0 Å². The molecular weight excluding hydrogens is 292 g/mol. The van der Waals surface area contributed by atoms with E-state index in [0.717, 1.165) is 11.4 Å². The second kappa shape index (κ2) is 8.49. The summed E-state index contributed by atoms with van der Waals surface area (Å²) in [5, 5.41) is 5.73. The molecule has 4 heteroatoms. The zero-order valence-electron chi connectivity index (χ0n) is 13.0. The van der Waals surface area contributed by atoms with Gasteiger partial charge in [-0.2, -0.15) is 0 Å². The Morgan fingerprint density at radius 1 is 1.09 bits per heavy atom. The van der Waals surface area contributed by atoms with Crippen LogP contribution in [0.5, 0.6) is 0 Å². The molecule has 0 aromatic heterocycles. The smallest absolute Gasteiger partial charge is 0.319 e. The average Bonchev–Trinajstić information content (AvgIpc) is 2.53. The topological polar surface area (TPSA) is 41.1 Å². The monoisotopic (exact) mass is 314 g/mol. The van der Waals surface area contributed by atoms with Crippen LogP contribution in [0.4, 0.5) is 10.5 Å². The van der Waals surface area contributed by atoms with Gasteiger partial charge in [0.25, 0.3) is 0 Å². The van der Waals surface area contributed by atoms with Crippen molar-refractivity contribution in [1.29, 1.82) is 0 Å². The summed E-state index contributed by atoms with van der Waals surface area (Å²) in [5.74, 6) is 1.39. The van der Waals surface area contributed by atoms with Gasteiger partial charge in [0.15, 0.2) is 0 Å². The van der Waals surface area contributed by atoms with Gasteiger partial charge in [-0.15, -0.1) is 11.8 Å². The molecule has 2 amide bonds. The normalized spacial score (nSPS) is 11.7. The van der Waals surface area contributed by atoms with Crippen molar-refractivity contribution in [2.24, 2.45) is 5.92 Å². The quantitative estimate of drug-likeness (QED) is 0.768. The van der Waals surface area contributed by atoms with Crippen molar-refractivity contribution in [3.05, 3.63) is 60.2 Å². The molecule has 1 atom stereocenters. The molecule has 0 radical (unpaired) electrons. The second-order valence-corrected chi connectivity index (χ2v) is 6.52. The lowest BCUT2D eigenvalue weighted by atomic mass is 10.2. The van der Waals surface area contributed by atoms with Gasteiger partial charge in [-0.05, 0) is 37.1 Å². The Morgan fingerprint density at radius 2 is 1.77 bits per heavy atom. The van der Waals surface area contributed by atoms with E-state index in [9.17, 15) is 4.79 Å². The Bertz CT molecular complexity index is 584. The largest absolute Gasteiger partial charge is 0.338 e. The maximum atomic E-state index is 11.8. The third-order valence-corrected chi connectivity index (χ3v) is 4.54. The molecule has 3 nitrogen and oxygen atoms in total. The molecular formula is C18H22N2OS. The van der Waals surface area contributed by atoms with Gasteiger partial charge >= 0.3 is 6.03 Å². The number of benzene rings is 2. The van der Waals surface area contributed by atoms with Crippen LogP contribution in [0.3, 0.4) is 0 Å². The van der Waals surface area contributed by atoms with Gasteiger partial charge in [-0.1, -0.05) is 42.8 Å². The number of rotatable bonds is 6. The third kappa shape index (κ3) is 5.82. The highest BCUT2D eigenvalue weighted by atomic mass is 32.2. The minimum absolute atomic E-state index is 0.154. The SMILES string of the molecule is Cc1ccc(SCC(C)CNC(=O)Nc2ccccc2)cc1. The number of aryl methyl sites for hydroxylation is 1. The molecule has 0 aliphatic rings. The molecule has 22 heavy (non-hydrogen) atoms. The molecule has 0 saturated heterocycles. The molecule has 0 saturated carbocycles. The molecule has 2 N–H and O–H groups in total. The van der Waals surface area contributed by atoms with E-state index in [-0.39, 0.29) is 6.03 Å². The highest BCUT2D eigenvalue weighted by Crippen LogP contribution is 2.20. The predicted octanol–water partition coefficient (Wildman–Crippen LogP) is 4.54. The Morgan fingerprint density at radius 3 is 2.45 bits per heavy atom. The molecule has 2 aromatic rings. The van der Waals surface area contributed by atoms with Crippen LogP contribution in [-0.4, -0.2) is 18.3 Å². The number of urea groups is 1. The summed E-state index contributed by atoms with van der Waals surface area (Å²) in [5.41, 5.74) is 2.08. The van der Waals surface area contributed by atoms with Crippen molar-refractivity contribution >= 4 is 23.5 Å². The van der Waals surface area contributed by atoms with E-state index in [4.69, 9.17) is 0 Å². The van der Waals surface area contributed by atoms with E-state index in [2.05, 4.69) is 48.7 Å². The number of nitrogens with one attached hydrogen (secondary N) is 2. The van der Waals surface area contributed by atoms with Crippen molar-refractivity contribution in [2.75, 3.05) is 17.6 Å². The molecule has 2 rings (SSSR count). The Balaban J connectivity index is 1.67. The zero-order valence-corrected chi connectivity index (χ0v) is 13.8. The fraction of sp³-hybridized carbons (Fsp3) is 0.278. The maximum Gasteiger partial charge on any atom is 0.319 e. The first kappa shape index (κ1) is 16.4. The molecule has 0 aliphatic carbocycles. The predicted molar refractivity (Wildman–Crippen MR) is 94.5 cm³/mol. The van der Waals surface area contributed by atoms with E-state index in [1.54, 1.807) is 0 Å². The van der Waals surface area contributed by atoms with Gasteiger partial charge in [-0.25, -0.2) is 4.79 Å². The number of para-hydroxylation sites is 1. The lowest BCUT2D eigenvalue weighted by molar-refractivity contribution is 0.251. The van der Waals surface area contributed by atoms with Crippen LogP contribution < -0.4 is 10.6 Å². The second-order valence-electron chi connectivity index (χ2n) is 5.43. The van der Waals surface area contributed by atoms with Crippen molar-refractivity contribution < 1.29 is 4.79 Å². The fourth-order valence-corrected chi connectivity index (χ4v) is 2.82. The van der Waals surface area contributed by atoms with E-state index in [0.29, 0.717) is 12.5 Å². The van der Waals surface area contributed by atoms with E-state index in [1.807, 2.05) is 42.1 Å². The minimum Gasteiger partial charge on any atom is -0.338 e. The van der Waals surface area contributed by atoms with Crippen LogP contribution in [-0.2, 0) is 0 Å². The molecule has 0 spiro atoms. The number of amides is 2. The molecule has 1 unspecified atom stereocenters. The molecule has 116 valence electrons. The summed E-state index contributed by atoms with van der Waals surface area (Å²) in [6.45, 7) is 4.90. The van der Waals surface area contributed by atoms with Crippen LogP contribution in [0.15, 0.2) is 59.5 Å². The van der Waals surface area contributed by atoms with Crippen molar-refractivity contribution in [3.8, 4) is 0 Å². The van der Waals surface area contributed by atoms with Crippen LogP contribution in [0.2, 0.25) is 0 Å². The van der Waals surface area contributed by atoms with Crippen LogP contribution in [0.1, 0.15) is 12.5 Å². The molecule has 0 aliphatic heterocycles. The lowest BCUT2D eigenvalue weighted by Gasteiger charge is -2.13. The Kier molecular flexibility index (Phi) is 6.34. The van der Waals surface area contributed by atoms with Gasteiger partial charge in [0.1, 0.15) is 0 Å². The standard InChI is InChI=1S/C18H22N2OS/c1-14-8-10-17(11-9-14)22-13-15(2)12-19-18(21)20-16-6-4-3-5-7-16/h3-11,15H,12-13H2,1-2H3,(H2,19,20,21). The van der Waals surface area contributed by atoms with Crippen molar-refractivity contribution in [3.63, 3.8) is 0 Å². The number of carbonyl (C=O) groups is 1. The molecule has 2 aromatic carbocycles. The van der Waals surface area contributed by atoms with Crippen LogP contribution in [0, 0.1) is 12.8 Å². The first-order valence-corrected chi connectivity index (χ1v) is 8.41. The first-order valence-electron chi connectivity index (χ1n) is 7.43. The summed E-state index contributed by atoms with van der Waals surface area (Å²) < 4.78 is 0. The van der Waals surface area contributed by atoms with Crippen LogP contribution in [0.25, 0.3) is 0 Å². The summed E-state index contributed by atoms with van der Waals surface area (Å²) in [7, 11) is 0. The summed E-state index contributed by atoms with van der Waals surface area (Å²) in [4.78, 5) is 13.1. The Hall–Kier alpha value is -1.94. The van der Waals surface area contributed by atoms with E-state index >= 15 is 0 Å². The van der Waals surface area contributed by atoms with E-state index in [1.165, 1.54) is 10.5 Å². The Labute approximate surface area is 136 Å². The van der Waals surface area contributed by atoms with Gasteiger partial charge in [0, 0.05) is 22.9 Å². The lowest BCUT2D eigenvalue weighted by Crippen LogP contribution is -2.32. The third-order valence-electron chi connectivity index (χ3n) is 3.20. The molecule has 0 fully saturated rings. The minimum atomic E-state index is -0.154. The fourth-order valence-electron chi connectivity index (χ4n) is 1.90. The summed E-state index contributed by atoms with van der Waals surface area (Å²) >= 11 is 1.82. The zero-order chi connectivity index (χ0) is 15.8. The summed E-state index contributed by atoms with van der Waals surface area (Å²) in [6, 6.07) is 17.8. The number of hydrogen-bond donors (Lipinski definition) is 2. The maximum absolute atomic E-state index is 11.8. The van der Waals surface area contributed by atoms with Crippen molar-refractivity contribution in [2.45, 2.75) is 18.7 Å². The first-order chi connectivity index (χ1) is 10.6. The number of thioether (sulfide) groups is 1. The van der Waals surface area contributed by atoms with Gasteiger partial charge < -0.3 is 10.6 Å². The van der Waals surface area contributed by atoms with Crippen LogP contribution >= 0.6 is 11.8 Å².